The standard InChI is InChI=1S/C27H24FN9O/c1-4-23(38)36-9-7-17(14-36)37-25-18(27-30-8-10-34(27)2)13-31-26(29)24(25)20(33-37)6-5-16-11-21-22(12-19(16)28)35(3)15-32-21/h4,8,10-13,15,17H,1,7,9,14H2,2-3H3,(H2,29,31)/t17-/m0/s1. The highest BCUT2D eigenvalue weighted by atomic mass is 19.1. The number of hydrogen-bond acceptors (Lipinski definition) is 6. The summed E-state index contributed by atoms with van der Waals surface area (Å²) in [7, 11) is 3.70. The average molecular weight is 510 g/mol. The molecule has 2 N–H and O–H groups in total. The highest BCUT2D eigenvalue weighted by molar-refractivity contribution is 6.01. The van der Waals surface area contributed by atoms with Crippen LogP contribution in [0.5, 0.6) is 0 Å². The molecule has 1 fully saturated rings. The number of likely N-dealkylation sites (tertiary alicyclic amines) is 1. The first kappa shape index (κ1) is 23.4. The van der Waals surface area contributed by atoms with Crippen LogP contribution in [0.2, 0.25) is 0 Å². The molecule has 0 bridgehead atoms. The van der Waals surface area contributed by atoms with E-state index < -0.39 is 5.82 Å². The number of amides is 1. The van der Waals surface area contributed by atoms with Crippen LogP contribution in [0.1, 0.15) is 23.7 Å². The van der Waals surface area contributed by atoms with Crippen LogP contribution in [0, 0.1) is 17.7 Å². The summed E-state index contributed by atoms with van der Waals surface area (Å²) < 4.78 is 20.4. The fourth-order valence-electron chi connectivity index (χ4n) is 4.98. The van der Waals surface area contributed by atoms with E-state index in [0.717, 1.165) is 11.1 Å². The summed E-state index contributed by atoms with van der Waals surface area (Å²) in [6.07, 6.45) is 8.85. The van der Waals surface area contributed by atoms with Crippen molar-refractivity contribution in [2.45, 2.75) is 12.5 Å². The molecule has 1 aliphatic rings. The first-order chi connectivity index (χ1) is 18.4. The van der Waals surface area contributed by atoms with E-state index in [0.29, 0.717) is 47.4 Å². The topological polar surface area (TPSA) is 113 Å². The third-order valence-corrected chi connectivity index (χ3v) is 6.94. The number of nitrogen functional groups attached to an aromatic ring is 1. The van der Waals surface area contributed by atoms with Crippen LogP contribution >= 0.6 is 0 Å². The maximum absolute atomic E-state index is 14.9. The van der Waals surface area contributed by atoms with Gasteiger partial charge in [-0.25, -0.2) is 19.3 Å². The zero-order chi connectivity index (χ0) is 26.6. The first-order valence-electron chi connectivity index (χ1n) is 12.0. The lowest BCUT2D eigenvalue weighted by Gasteiger charge is -2.16. The van der Waals surface area contributed by atoms with E-state index in [2.05, 4.69) is 33.4 Å². The number of rotatable bonds is 3. The van der Waals surface area contributed by atoms with Crippen LogP contribution in [0.3, 0.4) is 0 Å². The Balaban J connectivity index is 1.54. The third kappa shape index (κ3) is 3.69. The summed E-state index contributed by atoms with van der Waals surface area (Å²) in [6, 6.07) is 2.91. The molecule has 0 unspecified atom stereocenters. The van der Waals surface area contributed by atoms with E-state index in [1.807, 2.05) is 22.5 Å². The molecule has 190 valence electrons. The van der Waals surface area contributed by atoms with Crippen LogP contribution in [-0.4, -0.2) is 57.8 Å². The molecule has 1 atom stereocenters. The van der Waals surface area contributed by atoms with Gasteiger partial charge in [0.15, 0.2) is 0 Å². The van der Waals surface area contributed by atoms with E-state index >= 15 is 0 Å². The number of carbonyl (C=O) groups excluding carboxylic acids is 1. The molecule has 5 heterocycles. The highest BCUT2D eigenvalue weighted by Crippen LogP contribution is 2.35. The Bertz CT molecular complexity index is 1820. The molecular formula is C27H24FN9O. The van der Waals surface area contributed by atoms with E-state index in [-0.39, 0.29) is 23.3 Å². The Morgan fingerprint density at radius 3 is 2.82 bits per heavy atom. The molecule has 10 nitrogen and oxygen atoms in total. The largest absolute Gasteiger partial charge is 0.383 e. The number of aromatic nitrogens is 7. The first-order valence-corrected chi connectivity index (χ1v) is 12.0. The Morgan fingerprint density at radius 1 is 1.21 bits per heavy atom. The molecule has 0 saturated carbocycles. The quantitative estimate of drug-likeness (QED) is 0.296. The third-order valence-electron chi connectivity index (χ3n) is 6.94. The summed E-state index contributed by atoms with van der Waals surface area (Å²) in [5.41, 5.74) is 9.72. The van der Waals surface area contributed by atoms with Crippen LogP contribution in [0.15, 0.2) is 49.7 Å². The zero-order valence-corrected chi connectivity index (χ0v) is 20.9. The number of hydrogen-bond donors (Lipinski definition) is 1. The second-order valence-electron chi connectivity index (χ2n) is 9.29. The molecule has 5 aromatic rings. The number of pyridine rings is 1. The van der Waals surface area contributed by atoms with Gasteiger partial charge in [-0.1, -0.05) is 12.5 Å². The molecule has 6 rings (SSSR count). The molecule has 11 heteroatoms. The van der Waals surface area contributed by atoms with Crippen LogP contribution < -0.4 is 5.73 Å². The van der Waals surface area contributed by atoms with Gasteiger partial charge < -0.3 is 19.8 Å². The minimum Gasteiger partial charge on any atom is -0.383 e. The van der Waals surface area contributed by atoms with Crippen molar-refractivity contribution >= 4 is 33.7 Å². The SMILES string of the molecule is C=CC(=O)N1CC[C@H](n2nc(C#Cc3cc4ncn(C)c4cc3F)c3c(N)ncc(-c4nccn4C)c32)C1. The maximum Gasteiger partial charge on any atom is 0.246 e. The molecule has 0 spiro atoms. The van der Waals surface area contributed by atoms with E-state index in [1.54, 1.807) is 41.3 Å². The van der Waals surface area contributed by atoms with Crippen molar-refractivity contribution in [2.75, 3.05) is 18.8 Å². The summed E-state index contributed by atoms with van der Waals surface area (Å²) in [4.78, 5) is 27.2. The molecule has 0 aliphatic carbocycles. The van der Waals surface area contributed by atoms with Gasteiger partial charge >= 0.3 is 0 Å². The second-order valence-corrected chi connectivity index (χ2v) is 9.29. The van der Waals surface area contributed by atoms with Crippen molar-refractivity contribution in [2.24, 2.45) is 14.1 Å². The summed E-state index contributed by atoms with van der Waals surface area (Å²) in [5.74, 6) is 6.32. The molecule has 38 heavy (non-hydrogen) atoms. The number of aryl methyl sites for hydroxylation is 2. The van der Waals surface area contributed by atoms with Gasteiger partial charge in [-0.2, -0.15) is 5.10 Å². The minimum atomic E-state index is -0.452. The molecule has 1 aromatic carbocycles. The summed E-state index contributed by atoms with van der Waals surface area (Å²) in [6.45, 7) is 4.64. The number of carbonyl (C=O) groups is 1. The number of benzene rings is 1. The number of anilines is 1. The smallest absolute Gasteiger partial charge is 0.246 e. The zero-order valence-electron chi connectivity index (χ0n) is 20.9. The van der Waals surface area contributed by atoms with Crippen molar-refractivity contribution in [3.63, 3.8) is 0 Å². The predicted molar refractivity (Wildman–Crippen MR) is 141 cm³/mol. The number of nitrogens with zero attached hydrogens (tertiary/aromatic N) is 8. The second kappa shape index (κ2) is 8.85. The van der Waals surface area contributed by atoms with E-state index in [9.17, 15) is 9.18 Å². The van der Waals surface area contributed by atoms with E-state index in [4.69, 9.17) is 10.8 Å². The maximum atomic E-state index is 14.9. The normalized spacial score (nSPS) is 15.2. The van der Waals surface area contributed by atoms with Gasteiger partial charge in [0.05, 0.1) is 45.4 Å². The molecule has 1 amide bonds. The molecular weight excluding hydrogens is 485 g/mol. The van der Waals surface area contributed by atoms with Crippen molar-refractivity contribution in [1.29, 1.82) is 0 Å². The Kier molecular flexibility index (Phi) is 5.45. The van der Waals surface area contributed by atoms with Crippen molar-refractivity contribution in [1.82, 2.24) is 38.8 Å². The van der Waals surface area contributed by atoms with Gasteiger partial charge in [-0.15, -0.1) is 0 Å². The molecule has 1 saturated heterocycles. The Morgan fingerprint density at radius 2 is 2.05 bits per heavy atom. The van der Waals surface area contributed by atoms with Gasteiger partial charge in [-0.05, 0) is 24.5 Å². The van der Waals surface area contributed by atoms with Crippen molar-refractivity contribution in [3.05, 3.63) is 66.8 Å². The van der Waals surface area contributed by atoms with Gasteiger partial charge in [0.25, 0.3) is 0 Å². The van der Waals surface area contributed by atoms with Gasteiger partial charge in [0, 0.05) is 51.8 Å². The molecule has 4 aromatic heterocycles. The molecule has 1 aliphatic heterocycles. The van der Waals surface area contributed by atoms with Crippen LogP contribution in [0.25, 0.3) is 33.3 Å². The Labute approximate surface area is 217 Å². The number of halogens is 1. The lowest BCUT2D eigenvalue weighted by molar-refractivity contribution is -0.125. The fourth-order valence-corrected chi connectivity index (χ4v) is 4.98. The van der Waals surface area contributed by atoms with Crippen molar-refractivity contribution < 1.29 is 9.18 Å². The Hall–Kier alpha value is -4.98. The monoisotopic (exact) mass is 509 g/mol. The highest BCUT2D eigenvalue weighted by Gasteiger charge is 2.30. The number of nitrogens with two attached hydrogens (primary N) is 1. The predicted octanol–water partition coefficient (Wildman–Crippen LogP) is 2.80. The fraction of sp³-hybridized carbons (Fsp3) is 0.222. The number of fused-ring (bicyclic) bond motifs is 2. The van der Waals surface area contributed by atoms with Crippen LogP contribution in [-0.2, 0) is 18.9 Å². The molecule has 0 radical (unpaired) electrons. The average Bonchev–Trinajstić information content (AvgIpc) is 3.70. The van der Waals surface area contributed by atoms with Gasteiger partial charge in [-0.3, -0.25) is 9.48 Å². The number of imidazole rings is 2. The summed E-state index contributed by atoms with van der Waals surface area (Å²) >= 11 is 0. The van der Waals surface area contributed by atoms with Crippen LogP contribution in [0.4, 0.5) is 10.2 Å². The summed E-state index contributed by atoms with van der Waals surface area (Å²) in [5, 5.41) is 5.40. The minimum absolute atomic E-state index is 0.126. The lowest BCUT2D eigenvalue weighted by Crippen LogP contribution is -2.27. The van der Waals surface area contributed by atoms with Gasteiger partial charge in [0.1, 0.15) is 23.2 Å². The van der Waals surface area contributed by atoms with Gasteiger partial charge in [0.2, 0.25) is 5.91 Å². The lowest BCUT2D eigenvalue weighted by atomic mass is 10.1. The van der Waals surface area contributed by atoms with E-state index in [1.165, 1.54) is 12.1 Å². The van der Waals surface area contributed by atoms with Crippen molar-refractivity contribution in [3.8, 4) is 23.2 Å².